The van der Waals surface area contributed by atoms with E-state index >= 15 is 0 Å². The van der Waals surface area contributed by atoms with E-state index in [1.54, 1.807) is 24.3 Å². The number of ketones is 2. The number of benzene rings is 3. The smallest absolute Gasteiger partial charge is 0.238 e. The van der Waals surface area contributed by atoms with Crippen LogP contribution in [0.15, 0.2) is 90.4 Å². The predicted molar refractivity (Wildman–Crippen MR) is 157 cm³/mol. The van der Waals surface area contributed by atoms with E-state index in [0.717, 1.165) is 16.7 Å². The van der Waals surface area contributed by atoms with Gasteiger partial charge in [-0.25, -0.2) is 0 Å². The fourth-order valence-corrected chi connectivity index (χ4v) is 7.60. The number of methoxy groups -OCH3 is 2. The molecular weight excluding hydrogens is 536 g/mol. The van der Waals surface area contributed by atoms with Gasteiger partial charge in [0.05, 0.1) is 31.1 Å². The molecule has 4 atom stereocenters. The van der Waals surface area contributed by atoms with Gasteiger partial charge in [-0.1, -0.05) is 48.5 Å². The van der Waals surface area contributed by atoms with Gasteiger partial charge < -0.3 is 19.7 Å². The number of nitrogens with one attached hydrogen (secondary N) is 1. The Kier molecular flexibility index (Phi) is 5.83. The highest BCUT2D eigenvalue weighted by Gasteiger charge is 2.70. The first-order valence-electron chi connectivity index (χ1n) is 13.3. The lowest BCUT2D eigenvalue weighted by Crippen LogP contribution is -2.49. The van der Waals surface area contributed by atoms with Gasteiger partial charge >= 0.3 is 0 Å². The normalized spacial score (nSPS) is 23.5. The molecule has 1 fully saturated rings. The molecule has 0 radical (unpaired) electrons. The van der Waals surface area contributed by atoms with Crippen LogP contribution in [-0.2, 0) is 10.2 Å². The third-order valence-electron chi connectivity index (χ3n) is 8.55. The van der Waals surface area contributed by atoms with Crippen molar-refractivity contribution < 1.29 is 23.9 Å². The van der Waals surface area contributed by atoms with Crippen LogP contribution in [0.5, 0.6) is 11.5 Å². The molecular formula is C33H26N2O5S. The second-order valence-corrected chi connectivity index (χ2v) is 11.3. The van der Waals surface area contributed by atoms with Gasteiger partial charge in [-0.15, -0.1) is 11.3 Å². The molecule has 7 rings (SSSR count). The minimum atomic E-state index is -1.35. The van der Waals surface area contributed by atoms with Crippen molar-refractivity contribution in [3.8, 4) is 11.5 Å². The van der Waals surface area contributed by atoms with Crippen molar-refractivity contribution in [3.63, 3.8) is 0 Å². The van der Waals surface area contributed by atoms with E-state index in [4.69, 9.17) is 9.47 Å². The minimum Gasteiger partial charge on any atom is -0.493 e. The van der Waals surface area contributed by atoms with Gasteiger partial charge in [0.2, 0.25) is 5.91 Å². The lowest BCUT2D eigenvalue weighted by molar-refractivity contribution is -0.122. The number of Topliss-reactive ketones (excluding diaryl/α,β-unsaturated/α-hetero) is 2. The Balaban J connectivity index is 1.51. The second-order valence-electron chi connectivity index (χ2n) is 10.4. The molecule has 4 aromatic rings. The van der Waals surface area contributed by atoms with Crippen molar-refractivity contribution in [3.05, 3.63) is 118 Å². The Labute approximate surface area is 241 Å². The first-order chi connectivity index (χ1) is 20.0. The molecule has 1 N–H and O–H groups in total. The summed E-state index contributed by atoms with van der Waals surface area (Å²) >= 11 is 1.32. The molecule has 3 aliphatic rings. The molecule has 3 aliphatic heterocycles. The lowest BCUT2D eigenvalue weighted by Gasteiger charge is -2.38. The van der Waals surface area contributed by atoms with Crippen molar-refractivity contribution in [2.45, 2.75) is 17.5 Å². The van der Waals surface area contributed by atoms with Crippen molar-refractivity contribution in [2.24, 2.45) is 5.92 Å². The molecule has 1 aromatic heterocycles. The van der Waals surface area contributed by atoms with Crippen LogP contribution in [0.3, 0.4) is 0 Å². The number of anilines is 1. The molecule has 1 spiro atoms. The van der Waals surface area contributed by atoms with Gasteiger partial charge in [0, 0.05) is 17.5 Å². The first-order valence-corrected chi connectivity index (χ1v) is 14.2. The summed E-state index contributed by atoms with van der Waals surface area (Å²) in [6.45, 7) is 0. The maximum Gasteiger partial charge on any atom is 0.238 e. The lowest BCUT2D eigenvalue weighted by atomic mass is 9.63. The maximum atomic E-state index is 14.7. The van der Waals surface area contributed by atoms with E-state index in [-0.39, 0.29) is 17.5 Å². The zero-order chi connectivity index (χ0) is 28.3. The van der Waals surface area contributed by atoms with Crippen LogP contribution in [0.4, 0.5) is 5.69 Å². The minimum absolute atomic E-state index is 0.231. The van der Waals surface area contributed by atoms with E-state index in [2.05, 4.69) is 5.32 Å². The number of carbonyl (C=O) groups excluding carboxylic acids is 3. The van der Waals surface area contributed by atoms with Crippen LogP contribution >= 0.6 is 11.3 Å². The quantitative estimate of drug-likeness (QED) is 0.302. The Morgan fingerprint density at radius 2 is 1.68 bits per heavy atom. The second kappa shape index (κ2) is 9.45. The fraction of sp³-hybridized carbons (Fsp3) is 0.182. The number of ether oxygens (including phenoxy) is 2. The van der Waals surface area contributed by atoms with Gasteiger partial charge in [-0.05, 0) is 58.5 Å². The van der Waals surface area contributed by atoms with E-state index in [9.17, 15) is 14.4 Å². The summed E-state index contributed by atoms with van der Waals surface area (Å²) in [7, 11) is 3.05. The van der Waals surface area contributed by atoms with Gasteiger partial charge in [0.25, 0.3) is 0 Å². The molecule has 0 bridgehead atoms. The zero-order valence-corrected chi connectivity index (χ0v) is 23.2. The Morgan fingerprint density at radius 1 is 0.902 bits per heavy atom. The maximum absolute atomic E-state index is 14.7. The van der Waals surface area contributed by atoms with E-state index in [1.165, 1.54) is 25.6 Å². The number of amides is 1. The van der Waals surface area contributed by atoms with Crippen LogP contribution in [0, 0.1) is 5.92 Å². The number of hydrogen-bond donors (Lipinski definition) is 1. The Bertz CT molecular complexity index is 1750. The average Bonchev–Trinajstić information content (AvgIpc) is 3.73. The molecule has 0 aliphatic carbocycles. The summed E-state index contributed by atoms with van der Waals surface area (Å²) in [5.74, 6) is -0.892. The highest BCUT2D eigenvalue weighted by atomic mass is 32.1. The molecule has 7 nitrogen and oxygen atoms in total. The number of carbonyl (C=O) groups is 3. The summed E-state index contributed by atoms with van der Waals surface area (Å²) in [6.07, 6.45) is 3.82. The van der Waals surface area contributed by atoms with Crippen molar-refractivity contribution >= 4 is 40.6 Å². The van der Waals surface area contributed by atoms with Crippen LogP contribution < -0.4 is 14.8 Å². The summed E-state index contributed by atoms with van der Waals surface area (Å²) in [6, 6.07) is 22.4. The average molecular weight is 563 g/mol. The molecule has 41 heavy (non-hydrogen) atoms. The summed E-state index contributed by atoms with van der Waals surface area (Å²) in [4.78, 5) is 46.2. The fourth-order valence-electron chi connectivity index (χ4n) is 6.90. The first kappa shape index (κ1) is 25.3. The van der Waals surface area contributed by atoms with Gasteiger partial charge in [0.1, 0.15) is 11.5 Å². The third kappa shape index (κ3) is 3.47. The van der Waals surface area contributed by atoms with Crippen LogP contribution in [0.1, 0.15) is 42.8 Å². The summed E-state index contributed by atoms with van der Waals surface area (Å²) in [5, 5.41) is 4.91. The molecule has 204 valence electrons. The van der Waals surface area contributed by atoms with E-state index < -0.39 is 23.4 Å². The number of rotatable bonds is 6. The highest BCUT2D eigenvalue weighted by molar-refractivity contribution is 7.12. The van der Waals surface area contributed by atoms with Gasteiger partial charge in [-0.3, -0.25) is 14.4 Å². The standard InChI is InChI=1S/C33H26N2O5S/c1-39-24-14-13-20(18-25(24)40-2)29(36)28-27(30(37)26-12-7-17-41-26)33(22-10-5-6-11-23(22)34-32(33)38)31-21-9-4-3-8-19(21)15-16-35(28)31/h3-18,27-28,31H,1-2H3,(H,34,38)/t27-,28-,31-,33+/m1/s1. The molecule has 4 heterocycles. The van der Waals surface area contributed by atoms with Crippen molar-refractivity contribution in [2.75, 3.05) is 19.5 Å². The van der Waals surface area contributed by atoms with Gasteiger partial charge in [-0.2, -0.15) is 0 Å². The zero-order valence-electron chi connectivity index (χ0n) is 22.4. The number of fused-ring (bicyclic) bond motifs is 6. The van der Waals surface area contributed by atoms with Crippen molar-refractivity contribution in [1.82, 2.24) is 4.90 Å². The Morgan fingerprint density at radius 3 is 2.46 bits per heavy atom. The van der Waals surface area contributed by atoms with E-state index in [1.807, 2.05) is 77.2 Å². The number of thiophene rings is 1. The monoisotopic (exact) mass is 562 g/mol. The number of nitrogens with zero attached hydrogens (tertiary/aromatic N) is 1. The summed E-state index contributed by atoms with van der Waals surface area (Å²) in [5.41, 5.74) is 2.25. The molecule has 1 saturated heterocycles. The number of hydrogen-bond acceptors (Lipinski definition) is 7. The number of para-hydroxylation sites is 1. The highest BCUT2D eigenvalue weighted by Crippen LogP contribution is 2.62. The largest absolute Gasteiger partial charge is 0.493 e. The topological polar surface area (TPSA) is 84.9 Å². The molecule has 0 unspecified atom stereocenters. The molecule has 3 aromatic carbocycles. The third-order valence-corrected chi connectivity index (χ3v) is 9.44. The van der Waals surface area contributed by atoms with Crippen molar-refractivity contribution in [1.29, 1.82) is 0 Å². The van der Waals surface area contributed by atoms with Crippen LogP contribution in [0.25, 0.3) is 6.08 Å². The van der Waals surface area contributed by atoms with E-state index in [0.29, 0.717) is 27.6 Å². The Hall–Kier alpha value is -4.69. The van der Waals surface area contributed by atoms with Crippen LogP contribution in [0.2, 0.25) is 0 Å². The molecule has 1 amide bonds. The van der Waals surface area contributed by atoms with Gasteiger partial charge in [0.15, 0.2) is 23.1 Å². The summed E-state index contributed by atoms with van der Waals surface area (Å²) < 4.78 is 10.9. The predicted octanol–water partition coefficient (Wildman–Crippen LogP) is 5.75. The van der Waals surface area contributed by atoms with Crippen LogP contribution in [-0.4, -0.2) is 42.6 Å². The SMILES string of the molecule is COc1ccc(C(=O)[C@H]2[C@H](C(=O)c3cccs3)[C@]3(C(=O)Nc4ccccc43)[C@H]3c4ccccc4C=CN23)cc1OC. The molecule has 8 heteroatoms. The molecule has 0 saturated carbocycles.